The summed E-state index contributed by atoms with van der Waals surface area (Å²) >= 11 is 5.34. The average Bonchev–Trinajstić information content (AvgIpc) is 2.52. The molecule has 0 fully saturated rings. The first-order valence-electron chi connectivity index (χ1n) is 7.29. The minimum absolute atomic E-state index is 0.338. The topological polar surface area (TPSA) is 12.0 Å². The Balaban J connectivity index is 2.10. The molecule has 0 bridgehead atoms. The maximum absolute atomic E-state index is 3.74. The zero-order valence-electron chi connectivity index (χ0n) is 12.8. The van der Waals surface area contributed by atoms with Crippen LogP contribution in [0.15, 0.2) is 57.9 Å². The van der Waals surface area contributed by atoms with E-state index in [0.717, 1.165) is 10.9 Å². The fourth-order valence-electron chi connectivity index (χ4n) is 2.46. The number of hydrogen-bond donors (Lipinski definition) is 1. The van der Waals surface area contributed by atoms with E-state index in [0.29, 0.717) is 12.1 Å². The van der Waals surface area contributed by atoms with Crippen molar-refractivity contribution in [2.45, 2.75) is 37.2 Å². The van der Waals surface area contributed by atoms with E-state index in [4.69, 9.17) is 0 Å². The van der Waals surface area contributed by atoms with Crippen molar-refractivity contribution in [3.63, 3.8) is 0 Å². The molecule has 0 aromatic heterocycles. The van der Waals surface area contributed by atoms with Crippen molar-refractivity contribution in [1.29, 1.82) is 0 Å². The molecule has 2 aromatic carbocycles. The van der Waals surface area contributed by atoms with Crippen molar-refractivity contribution < 1.29 is 0 Å². The van der Waals surface area contributed by atoms with E-state index in [1.165, 1.54) is 16.0 Å². The summed E-state index contributed by atoms with van der Waals surface area (Å²) < 4.78 is 1.14. The Kier molecular flexibility index (Phi) is 6.34. The molecule has 0 amide bonds. The predicted molar refractivity (Wildman–Crippen MR) is 96.9 cm³/mol. The highest BCUT2D eigenvalue weighted by molar-refractivity contribution is 9.10. The minimum Gasteiger partial charge on any atom is -0.303 e. The van der Waals surface area contributed by atoms with Gasteiger partial charge in [-0.2, -0.15) is 0 Å². The fraction of sp³-hybridized carbons (Fsp3) is 0.333. The molecule has 2 aromatic rings. The van der Waals surface area contributed by atoms with Crippen LogP contribution in [0, 0.1) is 0 Å². The van der Waals surface area contributed by atoms with Crippen LogP contribution >= 0.6 is 27.7 Å². The highest BCUT2D eigenvalue weighted by atomic mass is 79.9. The van der Waals surface area contributed by atoms with Crippen molar-refractivity contribution in [3.8, 4) is 0 Å². The number of benzene rings is 2. The first kappa shape index (κ1) is 16.6. The Morgan fingerprint density at radius 3 is 2.38 bits per heavy atom. The highest BCUT2D eigenvalue weighted by Gasteiger charge is 2.14. The smallest absolute Gasteiger partial charge is 0.0323 e. The van der Waals surface area contributed by atoms with Gasteiger partial charge < -0.3 is 5.32 Å². The number of halogens is 1. The molecule has 0 aliphatic heterocycles. The van der Waals surface area contributed by atoms with Crippen LogP contribution in [0.25, 0.3) is 0 Å². The molecule has 1 N–H and O–H groups in total. The summed E-state index contributed by atoms with van der Waals surface area (Å²) in [7, 11) is 0. The highest BCUT2D eigenvalue weighted by Crippen LogP contribution is 2.25. The van der Waals surface area contributed by atoms with Gasteiger partial charge in [0.2, 0.25) is 0 Å². The molecule has 2 rings (SSSR count). The van der Waals surface area contributed by atoms with Crippen LogP contribution in [0.1, 0.15) is 43.5 Å². The van der Waals surface area contributed by atoms with E-state index in [-0.39, 0.29) is 0 Å². The molecule has 2 unspecified atom stereocenters. The van der Waals surface area contributed by atoms with Crippen LogP contribution in [0.5, 0.6) is 0 Å². The van der Waals surface area contributed by atoms with Gasteiger partial charge in [0.25, 0.3) is 0 Å². The monoisotopic (exact) mass is 363 g/mol. The van der Waals surface area contributed by atoms with E-state index >= 15 is 0 Å². The standard InChI is InChI=1S/C18H22BrNS/c1-4-18(15-6-5-7-16(19)12-15)20-13(2)14-8-10-17(21-3)11-9-14/h5-13,18,20H,4H2,1-3H3. The third kappa shape index (κ3) is 4.60. The molecular weight excluding hydrogens is 342 g/mol. The molecule has 21 heavy (non-hydrogen) atoms. The van der Waals surface area contributed by atoms with Gasteiger partial charge in [-0.05, 0) is 55.0 Å². The summed E-state index contributed by atoms with van der Waals surface area (Å²) in [5.74, 6) is 0. The van der Waals surface area contributed by atoms with E-state index in [1.54, 1.807) is 11.8 Å². The van der Waals surface area contributed by atoms with E-state index in [1.807, 2.05) is 0 Å². The van der Waals surface area contributed by atoms with Crippen molar-refractivity contribution in [2.75, 3.05) is 6.26 Å². The molecule has 0 heterocycles. The first-order chi connectivity index (χ1) is 10.1. The molecule has 0 radical (unpaired) electrons. The molecule has 0 aliphatic carbocycles. The number of nitrogens with one attached hydrogen (secondary N) is 1. The second kappa shape index (κ2) is 8.02. The molecular formula is C18H22BrNS. The Morgan fingerprint density at radius 1 is 1.10 bits per heavy atom. The maximum atomic E-state index is 3.74. The normalized spacial score (nSPS) is 13.9. The third-order valence-corrected chi connectivity index (χ3v) is 4.96. The van der Waals surface area contributed by atoms with Gasteiger partial charge in [0.15, 0.2) is 0 Å². The lowest BCUT2D eigenvalue weighted by Gasteiger charge is -2.23. The van der Waals surface area contributed by atoms with Crippen LogP contribution < -0.4 is 5.32 Å². The zero-order valence-corrected chi connectivity index (χ0v) is 15.2. The Morgan fingerprint density at radius 2 is 1.81 bits per heavy atom. The third-order valence-electron chi connectivity index (χ3n) is 3.73. The molecule has 3 heteroatoms. The molecule has 0 saturated heterocycles. The van der Waals surface area contributed by atoms with Crippen molar-refractivity contribution in [2.24, 2.45) is 0 Å². The molecule has 1 nitrogen and oxygen atoms in total. The minimum atomic E-state index is 0.338. The van der Waals surface area contributed by atoms with Gasteiger partial charge >= 0.3 is 0 Å². The Labute approximate surface area is 140 Å². The van der Waals surface area contributed by atoms with Gasteiger partial charge in [-0.25, -0.2) is 0 Å². The summed E-state index contributed by atoms with van der Waals surface area (Å²) in [6.45, 7) is 4.46. The lowest BCUT2D eigenvalue weighted by Crippen LogP contribution is -2.24. The predicted octanol–water partition coefficient (Wildman–Crippen LogP) is 5.97. The van der Waals surface area contributed by atoms with Gasteiger partial charge in [0.1, 0.15) is 0 Å². The summed E-state index contributed by atoms with van der Waals surface area (Å²) in [6.07, 6.45) is 3.18. The Hall–Kier alpha value is -0.770. The van der Waals surface area contributed by atoms with Crippen molar-refractivity contribution >= 4 is 27.7 Å². The second-order valence-corrected chi connectivity index (χ2v) is 6.97. The molecule has 0 saturated carbocycles. The van der Waals surface area contributed by atoms with Gasteiger partial charge in [-0.1, -0.05) is 47.1 Å². The van der Waals surface area contributed by atoms with Crippen LogP contribution in [0.4, 0.5) is 0 Å². The zero-order chi connectivity index (χ0) is 15.2. The van der Waals surface area contributed by atoms with E-state index in [2.05, 4.69) is 89.9 Å². The van der Waals surface area contributed by atoms with Gasteiger partial charge in [0.05, 0.1) is 0 Å². The van der Waals surface area contributed by atoms with Gasteiger partial charge in [-0.3, -0.25) is 0 Å². The fourth-order valence-corrected chi connectivity index (χ4v) is 3.29. The van der Waals surface area contributed by atoms with E-state index in [9.17, 15) is 0 Å². The molecule has 0 aliphatic rings. The Bertz CT molecular complexity index is 568. The van der Waals surface area contributed by atoms with Crippen LogP contribution in [0.2, 0.25) is 0 Å². The SMILES string of the molecule is CCC(NC(C)c1ccc(SC)cc1)c1cccc(Br)c1. The quantitative estimate of drug-likeness (QED) is 0.634. The molecule has 112 valence electrons. The summed E-state index contributed by atoms with van der Waals surface area (Å²) in [5.41, 5.74) is 2.67. The van der Waals surface area contributed by atoms with Crippen molar-refractivity contribution in [3.05, 3.63) is 64.1 Å². The van der Waals surface area contributed by atoms with E-state index < -0.39 is 0 Å². The van der Waals surface area contributed by atoms with Crippen LogP contribution in [-0.2, 0) is 0 Å². The summed E-state index contributed by atoms with van der Waals surface area (Å²) in [5, 5.41) is 3.74. The molecule has 2 atom stereocenters. The van der Waals surface area contributed by atoms with Gasteiger partial charge in [0, 0.05) is 21.5 Å². The molecule has 0 spiro atoms. The van der Waals surface area contributed by atoms with Crippen LogP contribution in [0.3, 0.4) is 0 Å². The first-order valence-corrected chi connectivity index (χ1v) is 9.31. The van der Waals surface area contributed by atoms with Crippen molar-refractivity contribution in [1.82, 2.24) is 5.32 Å². The maximum Gasteiger partial charge on any atom is 0.0323 e. The summed E-state index contributed by atoms with van der Waals surface area (Å²) in [4.78, 5) is 1.31. The van der Waals surface area contributed by atoms with Crippen LogP contribution in [-0.4, -0.2) is 6.26 Å². The number of thioether (sulfide) groups is 1. The lowest BCUT2D eigenvalue weighted by atomic mass is 10.0. The average molecular weight is 364 g/mol. The largest absolute Gasteiger partial charge is 0.303 e. The van der Waals surface area contributed by atoms with Gasteiger partial charge in [-0.15, -0.1) is 11.8 Å². The number of rotatable bonds is 6. The summed E-state index contributed by atoms with van der Waals surface area (Å²) in [6, 6.07) is 18.1. The second-order valence-electron chi connectivity index (χ2n) is 5.18. The number of hydrogen-bond acceptors (Lipinski definition) is 2. The lowest BCUT2D eigenvalue weighted by molar-refractivity contribution is 0.456.